The Morgan fingerprint density at radius 2 is 2.11 bits per heavy atom. The average molecular weight is 280 g/mol. The molecule has 0 aliphatic carbocycles. The number of likely N-dealkylation sites (tertiary alicyclic amines) is 1. The Balaban J connectivity index is 1.82. The van der Waals surface area contributed by atoms with Crippen LogP contribution in [0.3, 0.4) is 0 Å². The largest absolute Gasteiger partial charge is 0.306 e. The molecule has 1 aliphatic heterocycles. The summed E-state index contributed by atoms with van der Waals surface area (Å²) in [5, 5.41) is 6.10. The Kier molecular flexibility index (Phi) is 6.35. The van der Waals surface area contributed by atoms with Crippen molar-refractivity contribution in [3.05, 3.63) is 22.4 Å². The molecule has 0 amide bonds. The minimum absolute atomic E-state index is 0.577. The first-order valence-electron chi connectivity index (χ1n) is 7.85. The van der Waals surface area contributed by atoms with E-state index in [1.807, 2.05) is 11.3 Å². The van der Waals surface area contributed by atoms with Crippen LogP contribution in [0, 0.1) is 0 Å². The molecular weight excluding hydrogens is 252 g/mol. The fraction of sp³-hybridized carbons (Fsp3) is 0.750. The number of nitrogens with zero attached hydrogens (tertiary/aromatic N) is 1. The van der Waals surface area contributed by atoms with Crippen LogP contribution in [-0.2, 0) is 0 Å². The van der Waals surface area contributed by atoms with E-state index >= 15 is 0 Å². The SMILES string of the molecule is CCCC(NC1CCN(CCC)CC1)c1cccs1. The van der Waals surface area contributed by atoms with Gasteiger partial charge in [-0.25, -0.2) is 0 Å². The van der Waals surface area contributed by atoms with Crippen LogP contribution in [0.2, 0.25) is 0 Å². The van der Waals surface area contributed by atoms with Crippen molar-refractivity contribution in [3.63, 3.8) is 0 Å². The van der Waals surface area contributed by atoms with Gasteiger partial charge >= 0.3 is 0 Å². The second-order valence-corrected chi connectivity index (χ2v) is 6.62. The van der Waals surface area contributed by atoms with Gasteiger partial charge in [-0.2, -0.15) is 0 Å². The van der Waals surface area contributed by atoms with Crippen LogP contribution in [0.4, 0.5) is 0 Å². The Morgan fingerprint density at radius 3 is 2.68 bits per heavy atom. The van der Waals surface area contributed by atoms with Gasteiger partial charge < -0.3 is 10.2 Å². The Morgan fingerprint density at radius 1 is 1.32 bits per heavy atom. The molecule has 2 nitrogen and oxygen atoms in total. The summed E-state index contributed by atoms with van der Waals surface area (Å²) in [5.41, 5.74) is 0. The van der Waals surface area contributed by atoms with Gasteiger partial charge in [0.05, 0.1) is 0 Å². The Labute approximate surface area is 122 Å². The monoisotopic (exact) mass is 280 g/mol. The highest BCUT2D eigenvalue weighted by Crippen LogP contribution is 2.25. The molecule has 1 aromatic rings. The van der Waals surface area contributed by atoms with E-state index in [9.17, 15) is 0 Å². The highest BCUT2D eigenvalue weighted by Gasteiger charge is 2.22. The number of hydrogen-bond donors (Lipinski definition) is 1. The van der Waals surface area contributed by atoms with Crippen LogP contribution in [0.5, 0.6) is 0 Å². The molecule has 0 saturated carbocycles. The lowest BCUT2D eigenvalue weighted by Gasteiger charge is -2.34. The van der Waals surface area contributed by atoms with E-state index in [-0.39, 0.29) is 0 Å². The number of nitrogens with one attached hydrogen (secondary N) is 1. The summed E-state index contributed by atoms with van der Waals surface area (Å²) in [6.45, 7) is 8.38. The molecule has 0 aromatic carbocycles. The molecule has 108 valence electrons. The first-order chi connectivity index (χ1) is 9.33. The predicted octanol–water partition coefficient (Wildman–Crippen LogP) is 4.05. The maximum Gasteiger partial charge on any atom is 0.0416 e. The highest BCUT2D eigenvalue weighted by molar-refractivity contribution is 7.10. The fourth-order valence-corrected chi connectivity index (χ4v) is 3.83. The van der Waals surface area contributed by atoms with Gasteiger partial charge in [0.15, 0.2) is 0 Å². The van der Waals surface area contributed by atoms with Gasteiger partial charge in [0, 0.05) is 17.0 Å². The van der Waals surface area contributed by atoms with Gasteiger partial charge in [0.1, 0.15) is 0 Å². The second kappa shape index (κ2) is 8.03. The van der Waals surface area contributed by atoms with Crippen LogP contribution >= 0.6 is 11.3 Å². The lowest BCUT2D eigenvalue weighted by atomic mass is 10.0. The van der Waals surface area contributed by atoms with Crippen LogP contribution in [-0.4, -0.2) is 30.6 Å². The minimum atomic E-state index is 0.577. The van der Waals surface area contributed by atoms with Crippen LogP contribution < -0.4 is 5.32 Å². The van der Waals surface area contributed by atoms with Crippen molar-refractivity contribution < 1.29 is 0 Å². The smallest absolute Gasteiger partial charge is 0.0416 e. The lowest BCUT2D eigenvalue weighted by molar-refractivity contribution is 0.190. The Hall–Kier alpha value is -0.380. The van der Waals surface area contributed by atoms with E-state index in [0.29, 0.717) is 12.1 Å². The Bertz CT molecular complexity index is 329. The van der Waals surface area contributed by atoms with Gasteiger partial charge in [-0.15, -0.1) is 11.3 Å². The molecule has 1 unspecified atom stereocenters. The summed E-state index contributed by atoms with van der Waals surface area (Å²) in [7, 11) is 0. The zero-order valence-electron chi connectivity index (χ0n) is 12.4. The van der Waals surface area contributed by atoms with Gasteiger partial charge in [-0.05, 0) is 56.8 Å². The fourth-order valence-electron chi connectivity index (χ4n) is 3.01. The molecule has 1 aliphatic rings. The molecule has 19 heavy (non-hydrogen) atoms. The standard InChI is InChI=1S/C16H28N2S/c1-3-6-15(16-7-5-13-19-16)17-14-8-11-18(10-4-2)12-9-14/h5,7,13-15,17H,3-4,6,8-12H2,1-2H3. The molecule has 1 saturated heterocycles. The minimum Gasteiger partial charge on any atom is -0.306 e. The third-order valence-electron chi connectivity index (χ3n) is 4.03. The first kappa shape index (κ1) is 15.0. The molecular formula is C16H28N2S. The van der Waals surface area contributed by atoms with Gasteiger partial charge in [-0.1, -0.05) is 26.3 Å². The summed E-state index contributed by atoms with van der Waals surface area (Å²) in [4.78, 5) is 4.12. The number of rotatable bonds is 7. The summed E-state index contributed by atoms with van der Waals surface area (Å²) in [6.07, 6.45) is 6.42. The van der Waals surface area contributed by atoms with E-state index in [0.717, 1.165) is 0 Å². The van der Waals surface area contributed by atoms with Gasteiger partial charge in [-0.3, -0.25) is 0 Å². The molecule has 1 aromatic heterocycles. The molecule has 3 heteroatoms. The molecule has 2 heterocycles. The molecule has 0 spiro atoms. The highest BCUT2D eigenvalue weighted by atomic mass is 32.1. The summed E-state index contributed by atoms with van der Waals surface area (Å²) in [5.74, 6) is 0. The zero-order valence-corrected chi connectivity index (χ0v) is 13.2. The molecule has 1 N–H and O–H groups in total. The maximum absolute atomic E-state index is 3.91. The number of piperidine rings is 1. The first-order valence-corrected chi connectivity index (χ1v) is 8.73. The quantitative estimate of drug-likeness (QED) is 0.810. The average Bonchev–Trinajstić information content (AvgIpc) is 2.95. The van der Waals surface area contributed by atoms with Crippen molar-refractivity contribution in [1.82, 2.24) is 10.2 Å². The lowest BCUT2D eigenvalue weighted by Crippen LogP contribution is -2.43. The topological polar surface area (TPSA) is 15.3 Å². The normalized spacial score (nSPS) is 19.7. The second-order valence-electron chi connectivity index (χ2n) is 5.64. The van der Waals surface area contributed by atoms with E-state index in [2.05, 4.69) is 41.6 Å². The third-order valence-corrected chi connectivity index (χ3v) is 5.01. The van der Waals surface area contributed by atoms with Gasteiger partial charge in [0.2, 0.25) is 0 Å². The van der Waals surface area contributed by atoms with Crippen LogP contribution in [0.1, 0.15) is 56.9 Å². The van der Waals surface area contributed by atoms with Crippen LogP contribution in [0.25, 0.3) is 0 Å². The predicted molar refractivity (Wildman–Crippen MR) is 84.9 cm³/mol. The molecule has 2 rings (SSSR count). The summed E-state index contributed by atoms with van der Waals surface area (Å²) < 4.78 is 0. The van der Waals surface area contributed by atoms with E-state index in [1.165, 1.54) is 56.6 Å². The van der Waals surface area contributed by atoms with Gasteiger partial charge in [0.25, 0.3) is 0 Å². The van der Waals surface area contributed by atoms with Crippen molar-refractivity contribution in [2.75, 3.05) is 19.6 Å². The third kappa shape index (κ3) is 4.59. The summed E-state index contributed by atoms with van der Waals surface area (Å²) in [6, 6.07) is 5.75. The molecule has 1 atom stereocenters. The van der Waals surface area contributed by atoms with Crippen molar-refractivity contribution in [2.45, 2.75) is 58.0 Å². The number of hydrogen-bond acceptors (Lipinski definition) is 3. The van der Waals surface area contributed by atoms with Crippen molar-refractivity contribution >= 4 is 11.3 Å². The van der Waals surface area contributed by atoms with E-state index in [4.69, 9.17) is 0 Å². The summed E-state index contributed by atoms with van der Waals surface area (Å²) >= 11 is 1.90. The molecule has 0 radical (unpaired) electrons. The van der Waals surface area contributed by atoms with Crippen molar-refractivity contribution in [2.24, 2.45) is 0 Å². The molecule has 0 bridgehead atoms. The zero-order chi connectivity index (χ0) is 13.5. The van der Waals surface area contributed by atoms with Crippen LogP contribution in [0.15, 0.2) is 17.5 Å². The molecule has 1 fully saturated rings. The van der Waals surface area contributed by atoms with E-state index in [1.54, 1.807) is 0 Å². The van der Waals surface area contributed by atoms with E-state index < -0.39 is 0 Å². The maximum atomic E-state index is 3.91. The van der Waals surface area contributed by atoms with Crippen molar-refractivity contribution in [3.8, 4) is 0 Å². The number of thiophene rings is 1. The van der Waals surface area contributed by atoms with Crippen molar-refractivity contribution in [1.29, 1.82) is 0 Å².